The smallest absolute Gasteiger partial charge is 0.0561 e. The van der Waals surface area contributed by atoms with E-state index in [4.69, 9.17) is 0 Å². The number of anilines is 3. The van der Waals surface area contributed by atoms with Gasteiger partial charge in [-0.2, -0.15) is 0 Å². The van der Waals surface area contributed by atoms with E-state index in [0.717, 1.165) is 35.6 Å². The normalized spacial score (nSPS) is 13.4. The topological polar surface area (TPSA) is 8.17 Å². The Bertz CT molecular complexity index is 3190. The molecular formula is C57H40N2. The van der Waals surface area contributed by atoms with Crippen molar-refractivity contribution in [3.63, 3.8) is 0 Å². The van der Waals surface area contributed by atoms with Gasteiger partial charge in [-0.25, -0.2) is 0 Å². The molecule has 0 atom stereocenters. The lowest BCUT2D eigenvalue weighted by Crippen LogP contribution is -2.25. The standard InChI is InChI=1S/C57H40N2/c1-3-15-40(16-4-1)47-21-10-13-25-54(47)58(46-32-34-51-50-23-11-14-26-55(50)59(56(51)36-46)44-19-5-2-6-20-44)45-30-27-39(28-31-45)41-29-33-49-48-22-9-12-24-52(48)57(53(49)35-41)37-42-17-7-8-18-43(42)38-57/h1-36H,37-38H2. The van der Waals surface area contributed by atoms with Crippen LogP contribution in [0.2, 0.25) is 0 Å². The molecule has 0 aliphatic heterocycles. The second-order valence-electron chi connectivity index (χ2n) is 16.2. The van der Waals surface area contributed by atoms with Crippen molar-refractivity contribution < 1.29 is 0 Å². The molecule has 278 valence electrons. The molecule has 0 fully saturated rings. The maximum atomic E-state index is 2.50. The lowest BCUT2D eigenvalue weighted by molar-refractivity contribution is 0.564. The number of benzene rings is 9. The molecule has 0 N–H and O–H groups in total. The second-order valence-corrected chi connectivity index (χ2v) is 16.2. The summed E-state index contributed by atoms with van der Waals surface area (Å²) in [6, 6.07) is 80.5. The zero-order valence-electron chi connectivity index (χ0n) is 32.6. The van der Waals surface area contributed by atoms with Crippen molar-refractivity contribution in [1.82, 2.24) is 4.57 Å². The van der Waals surface area contributed by atoms with Gasteiger partial charge in [0, 0.05) is 38.8 Å². The van der Waals surface area contributed by atoms with Crippen LogP contribution >= 0.6 is 0 Å². The molecule has 2 aliphatic rings. The van der Waals surface area contributed by atoms with Gasteiger partial charge in [-0.05, 0) is 118 Å². The van der Waals surface area contributed by atoms with Crippen molar-refractivity contribution >= 4 is 38.9 Å². The number of rotatable bonds is 6. The maximum absolute atomic E-state index is 2.50. The summed E-state index contributed by atoms with van der Waals surface area (Å²) in [6.45, 7) is 0. The van der Waals surface area contributed by atoms with Crippen LogP contribution in [0.4, 0.5) is 17.1 Å². The highest BCUT2D eigenvalue weighted by atomic mass is 15.1. The molecule has 59 heavy (non-hydrogen) atoms. The van der Waals surface area contributed by atoms with E-state index in [0.29, 0.717) is 0 Å². The van der Waals surface area contributed by atoms with Gasteiger partial charge >= 0.3 is 0 Å². The van der Waals surface area contributed by atoms with Gasteiger partial charge in [-0.3, -0.25) is 0 Å². The molecule has 1 spiro atoms. The average Bonchev–Trinajstić information content (AvgIpc) is 3.95. The summed E-state index contributed by atoms with van der Waals surface area (Å²) in [5, 5.41) is 2.49. The number of fused-ring (bicyclic) bond motifs is 9. The van der Waals surface area contributed by atoms with E-state index in [-0.39, 0.29) is 5.41 Å². The number of para-hydroxylation sites is 3. The molecule has 9 aromatic carbocycles. The molecule has 2 heteroatoms. The summed E-state index contributed by atoms with van der Waals surface area (Å²) in [5.41, 5.74) is 20.3. The van der Waals surface area contributed by atoms with Crippen LogP contribution in [0.25, 0.3) is 60.9 Å². The Labute approximate surface area is 344 Å². The summed E-state index contributed by atoms with van der Waals surface area (Å²) >= 11 is 0. The first-order chi connectivity index (χ1) is 29.2. The van der Waals surface area contributed by atoms with Crippen molar-refractivity contribution in [1.29, 1.82) is 0 Å². The largest absolute Gasteiger partial charge is 0.310 e. The van der Waals surface area contributed by atoms with E-state index in [2.05, 4.69) is 228 Å². The van der Waals surface area contributed by atoms with Crippen molar-refractivity contribution in [2.75, 3.05) is 4.90 Å². The zero-order valence-corrected chi connectivity index (χ0v) is 32.6. The fourth-order valence-corrected chi connectivity index (χ4v) is 10.3. The molecule has 2 aliphatic carbocycles. The Hall–Kier alpha value is -7.42. The highest BCUT2D eigenvalue weighted by Gasteiger charge is 2.47. The molecule has 1 aromatic heterocycles. The molecule has 0 unspecified atom stereocenters. The Morgan fingerprint density at radius 3 is 1.76 bits per heavy atom. The number of aromatic nitrogens is 1. The van der Waals surface area contributed by atoms with Crippen LogP contribution < -0.4 is 4.90 Å². The van der Waals surface area contributed by atoms with Gasteiger partial charge in [0.2, 0.25) is 0 Å². The monoisotopic (exact) mass is 752 g/mol. The molecular weight excluding hydrogens is 713 g/mol. The van der Waals surface area contributed by atoms with Gasteiger partial charge in [0.1, 0.15) is 0 Å². The van der Waals surface area contributed by atoms with Crippen LogP contribution in [-0.2, 0) is 18.3 Å². The number of hydrogen-bond donors (Lipinski definition) is 0. The van der Waals surface area contributed by atoms with Crippen molar-refractivity contribution in [2.24, 2.45) is 0 Å². The SMILES string of the molecule is c1ccc(-c2ccccc2N(c2ccc(-c3ccc4c(c3)C3(Cc5ccccc5C3)c3ccccc3-4)cc2)c2ccc3c4ccccc4n(-c4ccccc4)c3c2)cc1. The lowest BCUT2D eigenvalue weighted by Gasteiger charge is -2.28. The predicted octanol–water partition coefficient (Wildman–Crippen LogP) is 14.7. The summed E-state index contributed by atoms with van der Waals surface area (Å²) in [6.07, 6.45) is 2.08. The number of nitrogens with zero attached hydrogens (tertiary/aromatic N) is 2. The predicted molar refractivity (Wildman–Crippen MR) is 246 cm³/mol. The number of hydrogen-bond acceptors (Lipinski definition) is 1. The molecule has 0 saturated carbocycles. The molecule has 0 radical (unpaired) electrons. The van der Waals surface area contributed by atoms with E-state index in [1.165, 1.54) is 77.4 Å². The fourth-order valence-electron chi connectivity index (χ4n) is 10.3. The highest BCUT2D eigenvalue weighted by molar-refractivity contribution is 6.10. The Kier molecular flexibility index (Phi) is 7.61. The van der Waals surface area contributed by atoms with Gasteiger partial charge in [-0.1, -0.05) is 164 Å². The van der Waals surface area contributed by atoms with Gasteiger partial charge in [0.05, 0.1) is 16.7 Å². The first-order valence-electron chi connectivity index (χ1n) is 20.7. The Balaban J connectivity index is 1.01. The minimum atomic E-state index is -0.0373. The van der Waals surface area contributed by atoms with E-state index in [9.17, 15) is 0 Å². The molecule has 0 amide bonds. The fraction of sp³-hybridized carbons (Fsp3) is 0.0526. The maximum Gasteiger partial charge on any atom is 0.0561 e. The first kappa shape index (κ1) is 33.7. The summed E-state index contributed by atoms with van der Waals surface area (Å²) in [4.78, 5) is 2.43. The van der Waals surface area contributed by atoms with E-state index < -0.39 is 0 Å². The quantitative estimate of drug-likeness (QED) is 0.164. The van der Waals surface area contributed by atoms with Crippen LogP contribution in [0.5, 0.6) is 0 Å². The van der Waals surface area contributed by atoms with Gasteiger partial charge in [-0.15, -0.1) is 0 Å². The van der Waals surface area contributed by atoms with Gasteiger partial charge in [0.15, 0.2) is 0 Å². The van der Waals surface area contributed by atoms with Crippen molar-refractivity contribution in [2.45, 2.75) is 18.3 Å². The van der Waals surface area contributed by atoms with Crippen molar-refractivity contribution in [3.05, 3.63) is 241 Å². The molecule has 2 nitrogen and oxygen atoms in total. The van der Waals surface area contributed by atoms with E-state index >= 15 is 0 Å². The third-order valence-electron chi connectivity index (χ3n) is 13.0. The van der Waals surface area contributed by atoms with E-state index in [1.54, 1.807) is 0 Å². The molecule has 12 rings (SSSR count). The third kappa shape index (κ3) is 5.26. The zero-order chi connectivity index (χ0) is 38.9. The molecule has 0 bridgehead atoms. The van der Waals surface area contributed by atoms with Gasteiger partial charge < -0.3 is 9.47 Å². The van der Waals surface area contributed by atoms with Crippen LogP contribution in [-0.4, -0.2) is 4.57 Å². The van der Waals surface area contributed by atoms with Crippen molar-refractivity contribution in [3.8, 4) is 39.1 Å². The Morgan fingerprint density at radius 1 is 0.373 bits per heavy atom. The van der Waals surface area contributed by atoms with Gasteiger partial charge in [0.25, 0.3) is 0 Å². The summed E-state index contributed by atoms with van der Waals surface area (Å²) < 4.78 is 2.40. The third-order valence-corrected chi connectivity index (χ3v) is 13.0. The van der Waals surface area contributed by atoms with Crippen LogP contribution in [0.1, 0.15) is 22.3 Å². The van der Waals surface area contributed by atoms with E-state index in [1.807, 2.05) is 0 Å². The summed E-state index contributed by atoms with van der Waals surface area (Å²) in [7, 11) is 0. The molecule has 1 heterocycles. The van der Waals surface area contributed by atoms with Crippen LogP contribution in [0, 0.1) is 0 Å². The molecule has 10 aromatic rings. The minimum absolute atomic E-state index is 0.0373. The first-order valence-corrected chi connectivity index (χ1v) is 20.7. The van der Waals surface area contributed by atoms with Crippen LogP contribution in [0.15, 0.2) is 218 Å². The van der Waals surface area contributed by atoms with Crippen LogP contribution in [0.3, 0.4) is 0 Å². The average molecular weight is 753 g/mol. The lowest BCUT2D eigenvalue weighted by atomic mass is 9.75. The highest BCUT2D eigenvalue weighted by Crippen LogP contribution is 2.56. The summed E-state index contributed by atoms with van der Waals surface area (Å²) in [5.74, 6) is 0. The second kappa shape index (κ2) is 13.3. The molecule has 0 saturated heterocycles. The minimum Gasteiger partial charge on any atom is -0.310 e. The Morgan fingerprint density at radius 2 is 0.966 bits per heavy atom.